The minimum absolute atomic E-state index is 0.235. The number of benzene rings is 2. The van der Waals surface area contributed by atoms with Crippen molar-refractivity contribution in [2.45, 2.75) is 13.8 Å². The number of rotatable bonds is 6. The predicted molar refractivity (Wildman–Crippen MR) is 90.8 cm³/mol. The SMILES string of the molecule is CCOc1cccc(/C=C(\C(=O)O)c2ccc(OC)cc2C)c1. The average molecular weight is 312 g/mol. The van der Waals surface area contributed by atoms with Crippen molar-refractivity contribution in [3.05, 3.63) is 59.2 Å². The molecule has 0 atom stereocenters. The molecule has 2 aromatic rings. The molecule has 4 nitrogen and oxygen atoms in total. The molecule has 0 aromatic heterocycles. The standard InChI is InChI=1S/C19H20O4/c1-4-23-16-7-5-6-14(11-16)12-18(19(20)21)17-9-8-15(22-3)10-13(17)2/h5-12H,4H2,1-3H3,(H,20,21)/b18-12-. The second-order valence-electron chi connectivity index (χ2n) is 5.05. The Bertz CT molecular complexity index is 732. The highest BCUT2D eigenvalue weighted by molar-refractivity contribution is 6.21. The Labute approximate surface area is 136 Å². The smallest absolute Gasteiger partial charge is 0.336 e. The molecule has 0 saturated carbocycles. The Morgan fingerprint density at radius 2 is 1.96 bits per heavy atom. The molecule has 2 aromatic carbocycles. The summed E-state index contributed by atoms with van der Waals surface area (Å²) in [5.74, 6) is 0.451. The molecule has 23 heavy (non-hydrogen) atoms. The van der Waals surface area contributed by atoms with Crippen LogP contribution in [0, 0.1) is 6.92 Å². The van der Waals surface area contributed by atoms with Gasteiger partial charge in [-0.1, -0.05) is 18.2 Å². The van der Waals surface area contributed by atoms with Crippen molar-refractivity contribution in [3.63, 3.8) is 0 Å². The van der Waals surface area contributed by atoms with E-state index in [1.54, 1.807) is 25.3 Å². The van der Waals surface area contributed by atoms with Crippen molar-refractivity contribution < 1.29 is 19.4 Å². The third-order valence-electron chi connectivity index (χ3n) is 3.43. The molecule has 0 aliphatic heterocycles. The molecule has 4 heteroatoms. The first-order valence-corrected chi connectivity index (χ1v) is 7.38. The number of aliphatic carboxylic acids is 1. The summed E-state index contributed by atoms with van der Waals surface area (Å²) in [7, 11) is 1.58. The minimum atomic E-state index is -0.972. The number of ether oxygens (including phenoxy) is 2. The van der Waals surface area contributed by atoms with Gasteiger partial charge in [-0.3, -0.25) is 0 Å². The van der Waals surface area contributed by atoms with Gasteiger partial charge in [0, 0.05) is 0 Å². The molecule has 0 aliphatic carbocycles. The third-order valence-corrected chi connectivity index (χ3v) is 3.43. The van der Waals surface area contributed by atoms with Crippen LogP contribution in [0.4, 0.5) is 0 Å². The number of hydrogen-bond donors (Lipinski definition) is 1. The Morgan fingerprint density at radius 1 is 1.17 bits per heavy atom. The average Bonchev–Trinajstić information content (AvgIpc) is 2.53. The molecule has 0 unspecified atom stereocenters. The van der Waals surface area contributed by atoms with Crippen molar-refractivity contribution in [3.8, 4) is 11.5 Å². The maximum Gasteiger partial charge on any atom is 0.336 e. The Balaban J connectivity index is 2.46. The van der Waals surface area contributed by atoms with E-state index in [0.717, 1.165) is 16.9 Å². The highest BCUT2D eigenvalue weighted by atomic mass is 16.5. The fourth-order valence-corrected chi connectivity index (χ4v) is 2.35. The summed E-state index contributed by atoms with van der Waals surface area (Å²) >= 11 is 0. The van der Waals surface area contributed by atoms with E-state index >= 15 is 0 Å². The van der Waals surface area contributed by atoms with Gasteiger partial charge in [0.2, 0.25) is 0 Å². The van der Waals surface area contributed by atoms with Gasteiger partial charge in [0.1, 0.15) is 11.5 Å². The van der Waals surface area contributed by atoms with E-state index < -0.39 is 5.97 Å². The normalized spacial score (nSPS) is 11.2. The molecule has 1 N–H and O–H groups in total. The van der Waals surface area contributed by atoms with E-state index in [1.165, 1.54) is 0 Å². The highest BCUT2D eigenvalue weighted by Gasteiger charge is 2.13. The largest absolute Gasteiger partial charge is 0.497 e. The first-order chi connectivity index (χ1) is 11.0. The first kappa shape index (κ1) is 16.6. The third kappa shape index (κ3) is 4.13. The van der Waals surface area contributed by atoms with Crippen LogP contribution >= 0.6 is 0 Å². The first-order valence-electron chi connectivity index (χ1n) is 7.38. The van der Waals surface area contributed by atoms with Crippen molar-refractivity contribution in [2.24, 2.45) is 0 Å². The fraction of sp³-hybridized carbons (Fsp3) is 0.211. The van der Waals surface area contributed by atoms with E-state index in [-0.39, 0.29) is 5.57 Å². The van der Waals surface area contributed by atoms with Gasteiger partial charge in [0.05, 0.1) is 19.3 Å². The van der Waals surface area contributed by atoms with Gasteiger partial charge in [0.15, 0.2) is 0 Å². The zero-order chi connectivity index (χ0) is 16.8. The van der Waals surface area contributed by atoms with Gasteiger partial charge in [-0.05, 0) is 60.9 Å². The Kier molecular flexibility index (Phi) is 5.41. The van der Waals surface area contributed by atoms with Crippen LogP contribution in [-0.4, -0.2) is 24.8 Å². The molecule has 0 heterocycles. The monoisotopic (exact) mass is 312 g/mol. The lowest BCUT2D eigenvalue weighted by Gasteiger charge is -2.10. The van der Waals surface area contributed by atoms with E-state index in [4.69, 9.17) is 9.47 Å². The molecule has 0 fully saturated rings. The lowest BCUT2D eigenvalue weighted by atomic mass is 9.98. The van der Waals surface area contributed by atoms with Crippen molar-refractivity contribution >= 4 is 17.6 Å². The molecule has 2 rings (SSSR count). The van der Waals surface area contributed by atoms with Gasteiger partial charge >= 0.3 is 5.97 Å². The van der Waals surface area contributed by atoms with Gasteiger partial charge in [-0.25, -0.2) is 4.79 Å². The molecule has 0 spiro atoms. The summed E-state index contributed by atoms with van der Waals surface area (Å²) in [4.78, 5) is 11.7. The Hall–Kier alpha value is -2.75. The van der Waals surface area contributed by atoms with Crippen LogP contribution in [0.1, 0.15) is 23.6 Å². The van der Waals surface area contributed by atoms with Gasteiger partial charge in [-0.15, -0.1) is 0 Å². The lowest BCUT2D eigenvalue weighted by molar-refractivity contribution is -0.130. The molecule has 0 amide bonds. The van der Waals surface area contributed by atoms with Gasteiger partial charge in [0.25, 0.3) is 0 Å². The minimum Gasteiger partial charge on any atom is -0.497 e. The van der Waals surface area contributed by atoms with Crippen LogP contribution in [0.3, 0.4) is 0 Å². The number of carbonyl (C=O) groups is 1. The summed E-state index contributed by atoms with van der Waals surface area (Å²) in [5.41, 5.74) is 2.53. The van der Waals surface area contributed by atoms with Crippen LogP contribution in [-0.2, 0) is 4.79 Å². The maximum absolute atomic E-state index is 11.7. The topological polar surface area (TPSA) is 55.8 Å². The fourth-order valence-electron chi connectivity index (χ4n) is 2.35. The van der Waals surface area contributed by atoms with E-state index in [1.807, 2.05) is 44.2 Å². The summed E-state index contributed by atoms with van der Waals surface area (Å²) in [6.07, 6.45) is 1.65. The predicted octanol–water partition coefficient (Wildman–Crippen LogP) is 4.03. The summed E-state index contributed by atoms with van der Waals surface area (Å²) in [6, 6.07) is 12.7. The van der Waals surface area contributed by atoms with Crippen LogP contribution in [0.2, 0.25) is 0 Å². The lowest BCUT2D eigenvalue weighted by Crippen LogP contribution is -2.02. The molecule has 0 aliphatic rings. The van der Waals surface area contributed by atoms with E-state index in [9.17, 15) is 9.90 Å². The second kappa shape index (κ2) is 7.49. The molecular formula is C19H20O4. The number of methoxy groups -OCH3 is 1. The summed E-state index contributed by atoms with van der Waals surface area (Å²) in [5, 5.41) is 9.58. The van der Waals surface area contributed by atoms with Gasteiger partial charge in [-0.2, -0.15) is 0 Å². The van der Waals surface area contributed by atoms with Crippen LogP contribution < -0.4 is 9.47 Å². The zero-order valence-corrected chi connectivity index (χ0v) is 13.5. The molecule has 0 saturated heterocycles. The Morgan fingerprint density at radius 3 is 2.57 bits per heavy atom. The van der Waals surface area contributed by atoms with Gasteiger partial charge < -0.3 is 14.6 Å². The van der Waals surface area contributed by atoms with Crippen molar-refractivity contribution in [1.82, 2.24) is 0 Å². The maximum atomic E-state index is 11.7. The van der Waals surface area contributed by atoms with Crippen LogP contribution in [0.25, 0.3) is 11.6 Å². The number of carboxylic acid groups (broad SMARTS) is 1. The van der Waals surface area contributed by atoms with Crippen molar-refractivity contribution in [2.75, 3.05) is 13.7 Å². The number of carboxylic acids is 1. The number of aryl methyl sites for hydroxylation is 1. The zero-order valence-electron chi connectivity index (χ0n) is 13.5. The molecule has 0 radical (unpaired) electrons. The van der Waals surface area contributed by atoms with Crippen molar-refractivity contribution in [1.29, 1.82) is 0 Å². The molecule has 0 bridgehead atoms. The molecule has 120 valence electrons. The van der Waals surface area contributed by atoms with E-state index in [2.05, 4.69) is 0 Å². The highest BCUT2D eigenvalue weighted by Crippen LogP contribution is 2.26. The van der Waals surface area contributed by atoms with E-state index in [0.29, 0.717) is 17.9 Å². The summed E-state index contributed by atoms with van der Waals surface area (Å²) in [6.45, 7) is 4.34. The quantitative estimate of drug-likeness (QED) is 0.646. The molecular weight excluding hydrogens is 292 g/mol. The van der Waals surface area contributed by atoms with Crippen LogP contribution in [0.5, 0.6) is 11.5 Å². The van der Waals surface area contributed by atoms with Crippen LogP contribution in [0.15, 0.2) is 42.5 Å². The second-order valence-corrected chi connectivity index (χ2v) is 5.05. The summed E-state index contributed by atoms with van der Waals surface area (Å²) < 4.78 is 10.6. The number of hydrogen-bond acceptors (Lipinski definition) is 3.